The van der Waals surface area contributed by atoms with E-state index in [4.69, 9.17) is 10.5 Å². The molecular weight excluding hydrogens is 184 g/mol. The lowest BCUT2D eigenvalue weighted by atomic mass is 10.2. The minimum absolute atomic E-state index is 0.211. The molecule has 0 saturated carbocycles. The van der Waals surface area contributed by atoms with Crippen LogP contribution in [0.25, 0.3) is 0 Å². The average molecular weight is 194 g/mol. The number of rotatable bonds is 3. The Hall–Kier alpha value is -1.69. The van der Waals surface area contributed by atoms with E-state index in [2.05, 4.69) is 15.3 Å². The maximum atomic E-state index is 10.8. The Morgan fingerprint density at radius 2 is 2.36 bits per heavy atom. The van der Waals surface area contributed by atoms with Gasteiger partial charge in [-0.05, 0) is 0 Å². The number of amides is 1. The maximum Gasteiger partial charge on any atom is 0.267 e. The summed E-state index contributed by atoms with van der Waals surface area (Å²) in [5, 5.41) is 3.09. The third-order valence-corrected chi connectivity index (χ3v) is 1.91. The van der Waals surface area contributed by atoms with E-state index in [-0.39, 0.29) is 11.7 Å². The molecule has 0 spiro atoms. The van der Waals surface area contributed by atoms with Gasteiger partial charge in [0.15, 0.2) is 0 Å². The predicted octanol–water partition coefficient (Wildman–Crippen LogP) is -0.614. The lowest BCUT2D eigenvalue weighted by Crippen LogP contribution is -2.40. The number of nitrogens with two attached hydrogens (primary N) is 1. The second kappa shape index (κ2) is 3.59. The first-order valence-electron chi connectivity index (χ1n) is 4.22. The van der Waals surface area contributed by atoms with Crippen molar-refractivity contribution in [2.45, 2.75) is 6.04 Å². The molecule has 6 nitrogen and oxygen atoms in total. The number of ether oxygens (including phenoxy) is 1. The van der Waals surface area contributed by atoms with E-state index in [0.717, 1.165) is 0 Å². The van der Waals surface area contributed by atoms with Crippen molar-refractivity contribution >= 4 is 11.7 Å². The molecule has 3 N–H and O–H groups in total. The largest absolute Gasteiger partial charge is 0.377 e. The Bertz CT molecular complexity index is 351. The Balaban J connectivity index is 2.09. The van der Waals surface area contributed by atoms with Gasteiger partial charge in [-0.15, -0.1) is 0 Å². The number of hydrogen-bond donors (Lipinski definition) is 2. The monoisotopic (exact) mass is 194 g/mol. The molecular formula is C8H10N4O2. The molecule has 14 heavy (non-hydrogen) atoms. The standard InChI is InChI=1S/C8H10N4O2/c9-8(13)6-1-7(11-4-10-6)12-5-2-14-3-5/h1,4-5H,2-3H2,(H2,9,13)(H,10,11,12). The molecule has 1 aliphatic heterocycles. The first-order valence-corrected chi connectivity index (χ1v) is 4.22. The van der Waals surface area contributed by atoms with Gasteiger partial charge in [-0.2, -0.15) is 0 Å². The molecule has 1 saturated heterocycles. The van der Waals surface area contributed by atoms with Gasteiger partial charge in [0.2, 0.25) is 0 Å². The van der Waals surface area contributed by atoms with Crippen molar-refractivity contribution < 1.29 is 9.53 Å². The van der Waals surface area contributed by atoms with Crippen molar-refractivity contribution in [3.05, 3.63) is 18.1 Å². The van der Waals surface area contributed by atoms with Gasteiger partial charge in [-0.25, -0.2) is 9.97 Å². The summed E-state index contributed by atoms with van der Waals surface area (Å²) < 4.78 is 4.99. The van der Waals surface area contributed by atoms with Gasteiger partial charge >= 0.3 is 0 Å². The summed E-state index contributed by atoms with van der Waals surface area (Å²) in [6.07, 6.45) is 1.31. The fourth-order valence-electron chi connectivity index (χ4n) is 1.10. The highest BCUT2D eigenvalue weighted by atomic mass is 16.5. The van der Waals surface area contributed by atoms with Crippen LogP contribution < -0.4 is 11.1 Å². The van der Waals surface area contributed by atoms with Crippen molar-refractivity contribution in [3.63, 3.8) is 0 Å². The van der Waals surface area contributed by atoms with Gasteiger partial charge in [0.05, 0.1) is 19.3 Å². The first-order chi connectivity index (χ1) is 6.75. The number of anilines is 1. The fraction of sp³-hybridized carbons (Fsp3) is 0.375. The van der Waals surface area contributed by atoms with E-state index in [1.54, 1.807) is 0 Å². The zero-order valence-corrected chi connectivity index (χ0v) is 7.43. The van der Waals surface area contributed by atoms with E-state index in [1.165, 1.54) is 12.4 Å². The Labute approximate surface area is 80.5 Å². The smallest absolute Gasteiger partial charge is 0.267 e. The SMILES string of the molecule is NC(=O)c1cc(NC2COC2)ncn1. The molecule has 6 heteroatoms. The van der Waals surface area contributed by atoms with Crippen LogP contribution in [0.3, 0.4) is 0 Å². The summed E-state index contributed by atoms with van der Waals surface area (Å²) in [5.41, 5.74) is 5.29. The molecule has 0 aromatic carbocycles. The zero-order valence-electron chi connectivity index (χ0n) is 7.43. The molecule has 1 aliphatic rings. The van der Waals surface area contributed by atoms with Crippen molar-refractivity contribution in [2.75, 3.05) is 18.5 Å². The van der Waals surface area contributed by atoms with E-state index in [9.17, 15) is 4.79 Å². The van der Waals surface area contributed by atoms with Crippen LogP contribution in [0.4, 0.5) is 5.82 Å². The van der Waals surface area contributed by atoms with Crippen molar-refractivity contribution in [2.24, 2.45) is 5.73 Å². The van der Waals surface area contributed by atoms with Crippen LogP contribution in [0.2, 0.25) is 0 Å². The quantitative estimate of drug-likeness (QED) is 0.669. The van der Waals surface area contributed by atoms with E-state index in [1.807, 2.05) is 0 Å². The molecule has 0 bridgehead atoms. The molecule has 1 aromatic rings. The number of aromatic nitrogens is 2. The fourth-order valence-corrected chi connectivity index (χ4v) is 1.10. The van der Waals surface area contributed by atoms with E-state index < -0.39 is 5.91 Å². The molecule has 1 fully saturated rings. The van der Waals surface area contributed by atoms with E-state index >= 15 is 0 Å². The Morgan fingerprint density at radius 1 is 1.57 bits per heavy atom. The van der Waals surface area contributed by atoms with Gasteiger partial charge in [0, 0.05) is 6.07 Å². The second-order valence-electron chi connectivity index (χ2n) is 3.03. The zero-order chi connectivity index (χ0) is 9.97. The highest BCUT2D eigenvalue weighted by Gasteiger charge is 2.18. The molecule has 74 valence electrons. The van der Waals surface area contributed by atoms with Crippen LogP contribution in [-0.2, 0) is 4.74 Å². The molecule has 2 heterocycles. The third kappa shape index (κ3) is 1.80. The highest BCUT2D eigenvalue weighted by Crippen LogP contribution is 2.09. The van der Waals surface area contributed by atoms with Gasteiger partial charge in [-0.1, -0.05) is 0 Å². The Morgan fingerprint density at radius 3 is 2.93 bits per heavy atom. The summed E-state index contributed by atoms with van der Waals surface area (Å²) in [6.45, 7) is 1.33. The van der Waals surface area contributed by atoms with E-state index in [0.29, 0.717) is 19.0 Å². The number of hydrogen-bond acceptors (Lipinski definition) is 5. The summed E-state index contributed by atoms with van der Waals surface area (Å²) in [7, 11) is 0. The highest BCUT2D eigenvalue weighted by molar-refractivity contribution is 5.91. The van der Waals surface area contributed by atoms with Gasteiger partial charge in [-0.3, -0.25) is 4.79 Å². The van der Waals surface area contributed by atoms with Crippen LogP contribution in [0.1, 0.15) is 10.5 Å². The number of carbonyl (C=O) groups excluding carboxylic acids is 1. The van der Waals surface area contributed by atoms with Gasteiger partial charge in [0.1, 0.15) is 17.8 Å². The number of carbonyl (C=O) groups is 1. The molecule has 1 amide bonds. The normalized spacial score (nSPS) is 16.0. The van der Waals surface area contributed by atoms with Crippen LogP contribution in [0.15, 0.2) is 12.4 Å². The molecule has 0 aliphatic carbocycles. The van der Waals surface area contributed by atoms with Crippen LogP contribution in [-0.4, -0.2) is 35.1 Å². The second-order valence-corrected chi connectivity index (χ2v) is 3.03. The summed E-state index contributed by atoms with van der Waals surface area (Å²) in [6, 6.07) is 1.80. The van der Waals surface area contributed by atoms with Crippen LogP contribution in [0.5, 0.6) is 0 Å². The molecule has 2 rings (SSSR count). The third-order valence-electron chi connectivity index (χ3n) is 1.91. The number of primary amides is 1. The topological polar surface area (TPSA) is 90.1 Å². The Kier molecular flexibility index (Phi) is 2.28. The lowest BCUT2D eigenvalue weighted by molar-refractivity contribution is 0.0209. The number of nitrogens with zero attached hydrogens (tertiary/aromatic N) is 2. The molecule has 0 atom stereocenters. The average Bonchev–Trinajstić information content (AvgIpc) is 2.12. The summed E-state index contributed by atoms with van der Waals surface area (Å²) >= 11 is 0. The maximum absolute atomic E-state index is 10.8. The van der Waals surface area contributed by atoms with Crippen LogP contribution >= 0.6 is 0 Å². The number of nitrogens with one attached hydrogen (secondary N) is 1. The minimum Gasteiger partial charge on any atom is -0.377 e. The first kappa shape index (κ1) is 8.89. The molecule has 0 unspecified atom stereocenters. The molecule has 0 radical (unpaired) electrons. The van der Waals surface area contributed by atoms with Crippen molar-refractivity contribution in [3.8, 4) is 0 Å². The lowest BCUT2D eigenvalue weighted by Gasteiger charge is -2.27. The predicted molar refractivity (Wildman–Crippen MR) is 48.8 cm³/mol. The minimum atomic E-state index is -0.555. The summed E-state index contributed by atoms with van der Waals surface area (Å²) in [4.78, 5) is 18.5. The summed E-state index contributed by atoms with van der Waals surface area (Å²) in [5.74, 6) is 0.0439. The van der Waals surface area contributed by atoms with Crippen molar-refractivity contribution in [1.82, 2.24) is 9.97 Å². The van der Waals surface area contributed by atoms with Gasteiger partial charge in [0.25, 0.3) is 5.91 Å². The molecule has 1 aromatic heterocycles. The van der Waals surface area contributed by atoms with Gasteiger partial charge < -0.3 is 15.8 Å². The van der Waals surface area contributed by atoms with Crippen LogP contribution in [0, 0.1) is 0 Å². The van der Waals surface area contributed by atoms with Crippen molar-refractivity contribution in [1.29, 1.82) is 0 Å².